The molecular formula is C20H25N5O3. The van der Waals surface area contributed by atoms with Crippen LogP contribution in [0.1, 0.15) is 50.3 Å². The molecule has 0 radical (unpaired) electrons. The second kappa shape index (κ2) is 7.53. The lowest BCUT2D eigenvalue weighted by molar-refractivity contribution is -0.115. The molecule has 4 rings (SSSR count). The van der Waals surface area contributed by atoms with Crippen LogP contribution in [0.2, 0.25) is 0 Å². The van der Waals surface area contributed by atoms with Crippen LogP contribution in [0, 0.1) is 0 Å². The molecule has 0 spiro atoms. The highest BCUT2D eigenvalue weighted by atomic mass is 16.6. The van der Waals surface area contributed by atoms with Crippen LogP contribution in [0.4, 0.5) is 22.0 Å². The monoisotopic (exact) mass is 383 g/mol. The van der Waals surface area contributed by atoms with Gasteiger partial charge in [-0.25, -0.2) is 4.79 Å². The number of H-pyrrole nitrogens is 1. The Bertz CT molecular complexity index is 892. The third kappa shape index (κ3) is 4.11. The number of benzene rings is 1. The number of rotatable bonds is 5. The molecule has 1 aromatic heterocycles. The molecule has 28 heavy (non-hydrogen) atoms. The molecule has 1 aromatic carbocycles. The average molecular weight is 383 g/mol. The van der Waals surface area contributed by atoms with Gasteiger partial charge in [0.25, 0.3) is 0 Å². The summed E-state index contributed by atoms with van der Waals surface area (Å²) >= 11 is 0. The van der Waals surface area contributed by atoms with Crippen molar-refractivity contribution in [2.45, 2.75) is 57.6 Å². The van der Waals surface area contributed by atoms with Gasteiger partial charge in [-0.2, -0.15) is 5.10 Å². The van der Waals surface area contributed by atoms with E-state index in [0.29, 0.717) is 12.3 Å². The Labute approximate surface area is 163 Å². The molecule has 1 aliphatic heterocycles. The number of amides is 2. The van der Waals surface area contributed by atoms with Gasteiger partial charge in [0, 0.05) is 35.1 Å². The molecule has 0 unspecified atom stereocenters. The largest absolute Gasteiger partial charge is 0.446 e. The number of alkyl carbamates (subject to hydrolysis) is 1. The molecule has 2 amide bonds. The Hall–Kier alpha value is -3.03. The van der Waals surface area contributed by atoms with Crippen LogP contribution in [-0.4, -0.2) is 34.3 Å². The third-order valence-electron chi connectivity index (χ3n) is 5.11. The summed E-state index contributed by atoms with van der Waals surface area (Å²) in [7, 11) is 0. The highest BCUT2D eigenvalue weighted by molar-refractivity contribution is 5.99. The van der Waals surface area contributed by atoms with E-state index in [9.17, 15) is 9.59 Å². The molecule has 2 atom stereocenters. The fraction of sp³-hybridized carbons (Fsp3) is 0.450. The number of hydrogen-bond donors (Lipinski definition) is 4. The molecule has 1 saturated carbocycles. The summed E-state index contributed by atoms with van der Waals surface area (Å²) < 4.78 is 5.49. The average Bonchev–Trinajstić information content (AvgIpc) is 3.32. The van der Waals surface area contributed by atoms with E-state index in [1.54, 1.807) is 0 Å². The Kier molecular flexibility index (Phi) is 4.93. The molecule has 4 N–H and O–H groups in total. The lowest BCUT2D eigenvalue weighted by Crippen LogP contribution is -2.33. The zero-order chi connectivity index (χ0) is 19.7. The van der Waals surface area contributed by atoms with Crippen molar-refractivity contribution < 1.29 is 14.3 Å². The summed E-state index contributed by atoms with van der Waals surface area (Å²) in [4.78, 5) is 23.3. The topological polar surface area (TPSA) is 108 Å². The normalized spacial score (nSPS) is 20.8. The maximum Gasteiger partial charge on any atom is 0.407 e. The van der Waals surface area contributed by atoms with Gasteiger partial charge in [0.05, 0.1) is 6.42 Å². The molecule has 8 heteroatoms. The zero-order valence-corrected chi connectivity index (χ0v) is 16.0. The zero-order valence-electron chi connectivity index (χ0n) is 16.0. The molecule has 2 heterocycles. The van der Waals surface area contributed by atoms with Crippen LogP contribution >= 0.6 is 0 Å². The van der Waals surface area contributed by atoms with Crippen LogP contribution in [-0.2, 0) is 16.0 Å². The fourth-order valence-electron chi connectivity index (χ4n) is 3.80. The molecular weight excluding hydrogens is 358 g/mol. The predicted octanol–water partition coefficient (Wildman–Crippen LogP) is 3.42. The second-order valence-electron chi connectivity index (χ2n) is 7.77. The van der Waals surface area contributed by atoms with Gasteiger partial charge in [0.1, 0.15) is 6.10 Å². The van der Waals surface area contributed by atoms with E-state index in [2.05, 4.69) is 26.1 Å². The Balaban J connectivity index is 1.34. The first-order chi connectivity index (χ1) is 13.5. The molecule has 1 fully saturated rings. The highest BCUT2D eigenvalue weighted by Gasteiger charge is 2.30. The summed E-state index contributed by atoms with van der Waals surface area (Å²) in [5, 5.41) is 16.3. The lowest BCUT2D eigenvalue weighted by atomic mass is 10.0. The van der Waals surface area contributed by atoms with E-state index < -0.39 is 0 Å². The molecule has 148 valence electrons. The van der Waals surface area contributed by atoms with Gasteiger partial charge in [0.2, 0.25) is 5.91 Å². The summed E-state index contributed by atoms with van der Waals surface area (Å²) in [5.41, 5.74) is 3.77. The molecule has 0 bridgehead atoms. The SMILES string of the molecule is CC(C)NC(=O)O[C@@H]1CC[C@H](c2cc(Nc3ccc4c(c3)NC(=O)C4)n[nH]2)C1. The third-order valence-corrected chi connectivity index (χ3v) is 5.11. The maximum absolute atomic E-state index is 11.8. The van der Waals surface area contributed by atoms with E-state index in [4.69, 9.17) is 4.74 Å². The van der Waals surface area contributed by atoms with Crippen molar-refractivity contribution >= 4 is 29.2 Å². The lowest BCUT2D eigenvalue weighted by Gasteiger charge is -2.14. The van der Waals surface area contributed by atoms with Crippen molar-refractivity contribution in [2.24, 2.45) is 0 Å². The van der Waals surface area contributed by atoms with Crippen LogP contribution in [0.25, 0.3) is 0 Å². The van der Waals surface area contributed by atoms with Crippen molar-refractivity contribution in [2.75, 3.05) is 10.6 Å². The Morgan fingerprint density at radius 1 is 1.29 bits per heavy atom. The summed E-state index contributed by atoms with van der Waals surface area (Å²) in [6.07, 6.45) is 2.61. The number of carbonyl (C=O) groups is 2. The van der Waals surface area contributed by atoms with Crippen molar-refractivity contribution in [1.82, 2.24) is 15.5 Å². The standard InChI is InChI=1S/C20H25N5O3/c1-11(2)21-20(27)28-15-6-4-12(7-15)17-10-18(25-24-17)22-14-5-3-13-8-19(26)23-16(13)9-14/h3,5,9-12,15H,4,6-8H2,1-2H3,(H,21,27)(H,23,26)(H2,22,24,25)/t12-,15+/m0/s1. The number of hydrogen-bond acceptors (Lipinski definition) is 5. The second-order valence-corrected chi connectivity index (χ2v) is 7.77. The number of fused-ring (bicyclic) bond motifs is 1. The molecule has 8 nitrogen and oxygen atoms in total. The van der Waals surface area contributed by atoms with Gasteiger partial charge in [0.15, 0.2) is 5.82 Å². The number of anilines is 3. The van der Waals surface area contributed by atoms with Gasteiger partial charge < -0.3 is 20.7 Å². The smallest absolute Gasteiger partial charge is 0.407 e. The quantitative estimate of drug-likeness (QED) is 0.633. The molecule has 1 aliphatic carbocycles. The van der Waals surface area contributed by atoms with E-state index in [0.717, 1.165) is 47.7 Å². The number of carbonyl (C=O) groups excluding carboxylic acids is 2. The summed E-state index contributed by atoms with van der Waals surface area (Å²) in [6.45, 7) is 3.82. The number of aromatic nitrogens is 2. The van der Waals surface area contributed by atoms with Crippen molar-refractivity contribution in [3.8, 4) is 0 Å². The van der Waals surface area contributed by atoms with Gasteiger partial charge >= 0.3 is 6.09 Å². The van der Waals surface area contributed by atoms with Gasteiger partial charge in [-0.15, -0.1) is 0 Å². The predicted molar refractivity (Wildman–Crippen MR) is 106 cm³/mol. The van der Waals surface area contributed by atoms with E-state index >= 15 is 0 Å². The summed E-state index contributed by atoms with van der Waals surface area (Å²) in [5.74, 6) is 1.04. The first-order valence-corrected chi connectivity index (χ1v) is 9.68. The van der Waals surface area contributed by atoms with Crippen LogP contribution < -0.4 is 16.0 Å². The number of aromatic amines is 1. The molecule has 2 aromatic rings. The van der Waals surface area contributed by atoms with E-state index in [1.165, 1.54) is 0 Å². The van der Waals surface area contributed by atoms with E-state index in [1.807, 2.05) is 38.1 Å². The number of nitrogens with zero attached hydrogens (tertiary/aromatic N) is 1. The van der Waals surface area contributed by atoms with Crippen molar-refractivity contribution in [1.29, 1.82) is 0 Å². The minimum Gasteiger partial charge on any atom is -0.446 e. The Morgan fingerprint density at radius 3 is 2.96 bits per heavy atom. The summed E-state index contributed by atoms with van der Waals surface area (Å²) in [6, 6.07) is 7.87. The number of ether oxygens (including phenoxy) is 1. The van der Waals surface area contributed by atoms with Crippen LogP contribution in [0.3, 0.4) is 0 Å². The minimum atomic E-state index is -0.351. The van der Waals surface area contributed by atoms with Crippen molar-refractivity contribution in [3.05, 3.63) is 35.5 Å². The van der Waals surface area contributed by atoms with Crippen LogP contribution in [0.5, 0.6) is 0 Å². The minimum absolute atomic E-state index is 0.0225. The first kappa shape index (κ1) is 18.3. The van der Waals surface area contributed by atoms with Gasteiger partial charge in [-0.1, -0.05) is 6.07 Å². The van der Waals surface area contributed by atoms with Gasteiger partial charge in [-0.05, 0) is 50.8 Å². The van der Waals surface area contributed by atoms with Crippen LogP contribution in [0.15, 0.2) is 24.3 Å². The maximum atomic E-state index is 11.8. The van der Waals surface area contributed by atoms with Crippen molar-refractivity contribution in [3.63, 3.8) is 0 Å². The Morgan fingerprint density at radius 2 is 2.14 bits per heavy atom. The first-order valence-electron chi connectivity index (χ1n) is 9.68. The number of nitrogens with one attached hydrogen (secondary N) is 4. The molecule has 0 saturated heterocycles. The molecule has 2 aliphatic rings. The van der Waals surface area contributed by atoms with Gasteiger partial charge in [-0.3, -0.25) is 9.89 Å². The fourth-order valence-corrected chi connectivity index (χ4v) is 3.80. The highest BCUT2D eigenvalue weighted by Crippen LogP contribution is 2.36. The van der Waals surface area contributed by atoms with E-state index in [-0.39, 0.29) is 24.1 Å².